The van der Waals surface area contributed by atoms with Gasteiger partial charge in [0.25, 0.3) is 0 Å². The van der Waals surface area contributed by atoms with Gasteiger partial charge in [0.1, 0.15) is 0 Å². The Morgan fingerprint density at radius 1 is 1.53 bits per heavy atom. The molecular weight excluding hydrogens is 206 g/mol. The van der Waals surface area contributed by atoms with Crippen molar-refractivity contribution in [1.29, 1.82) is 0 Å². The summed E-state index contributed by atoms with van der Waals surface area (Å²) < 4.78 is 2.00. The van der Waals surface area contributed by atoms with Gasteiger partial charge in [-0.15, -0.1) is 0 Å². The van der Waals surface area contributed by atoms with Crippen molar-refractivity contribution in [2.45, 2.75) is 32.9 Å². The molecule has 1 heterocycles. The molecule has 4 heteroatoms. The van der Waals surface area contributed by atoms with Crippen LogP contribution in [0.15, 0.2) is 12.4 Å². The van der Waals surface area contributed by atoms with Crippen molar-refractivity contribution >= 4 is 11.8 Å². The summed E-state index contributed by atoms with van der Waals surface area (Å²) in [6, 6.07) is 0.454. The van der Waals surface area contributed by atoms with E-state index in [1.54, 1.807) is 0 Å². The zero-order chi connectivity index (χ0) is 11.1. The first kappa shape index (κ1) is 12.6. The number of rotatable bonds is 7. The van der Waals surface area contributed by atoms with Crippen LogP contribution in [0.4, 0.5) is 0 Å². The van der Waals surface area contributed by atoms with E-state index in [-0.39, 0.29) is 0 Å². The molecule has 15 heavy (non-hydrogen) atoms. The van der Waals surface area contributed by atoms with Crippen LogP contribution >= 0.6 is 11.8 Å². The number of hydrogen-bond acceptors (Lipinski definition) is 3. The van der Waals surface area contributed by atoms with Gasteiger partial charge in [0.15, 0.2) is 0 Å². The Balaban J connectivity index is 2.20. The predicted octanol–water partition coefficient (Wildman–Crippen LogP) is 2.31. The van der Waals surface area contributed by atoms with Gasteiger partial charge < -0.3 is 5.32 Å². The lowest BCUT2D eigenvalue weighted by atomic mass is 10.3. The van der Waals surface area contributed by atoms with E-state index in [2.05, 4.69) is 36.7 Å². The van der Waals surface area contributed by atoms with Crippen molar-refractivity contribution < 1.29 is 0 Å². The first-order valence-corrected chi connectivity index (χ1v) is 6.86. The Labute approximate surface area is 96.6 Å². The van der Waals surface area contributed by atoms with Gasteiger partial charge in [-0.3, -0.25) is 4.68 Å². The summed E-state index contributed by atoms with van der Waals surface area (Å²) in [6.45, 7) is 6.31. The Kier molecular flexibility index (Phi) is 5.79. The monoisotopic (exact) mass is 227 g/mol. The van der Waals surface area contributed by atoms with E-state index in [1.807, 2.05) is 22.6 Å². The Hall–Kier alpha value is -0.480. The molecule has 0 aromatic carbocycles. The molecule has 0 aliphatic rings. The Bertz CT molecular complexity index is 271. The molecule has 1 aromatic rings. The number of aromatic nitrogens is 2. The van der Waals surface area contributed by atoms with E-state index in [0.717, 1.165) is 13.1 Å². The average Bonchev–Trinajstić information content (AvgIpc) is 2.66. The topological polar surface area (TPSA) is 29.9 Å². The first-order valence-electron chi connectivity index (χ1n) is 5.46. The van der Waals surface area contributed by atoms with Crippen LogP contribution in [-0.2, 0) is 6.54 Å². The van der Waals surface area contributed by atoms with Crippen LogP contribution in [0.1, 0.15) is 31.9 Å². The second-order valence-electron chi connectivity index (χ2n) is 3.95. The molecule has 0 spiro atoms. The maximum atomic E-state index is 4.30. The minimum atomic E-state index is 0.454. The van der Waals surface area contributed by atoms with Crippen LogP contribution in [0.5, 0.6) is 0 Å². The van der Waals surface area contributed by atoms with Crippen molar-refractivity contribution in [2.75, 3.05) is 18.6 Å². The SMILES string of the molecule is CSCCCNCc1cnn(C(C)C)c1. The summed E-state index contributed by atoms with van der Waals surface area (Å²) in [5, 5.41) is 7.73. The fraction of sp³-hybridized carbons (Fsp3) is 0.727. The number of thioether (sulfide) groups is 1. The van der Waals surface area contributed by atoms with E-state index in [0.29, 0.717) is 6.04 Å². The third kappa shape index (κ3) is 4.71. The third-order valence-electron chi connectivity index (χ3n) is 2.22. The number of hydrogen-bond donors (Lipinski definition) is 1. The fourth-order valence-corrected chi connectivity index (χ4v) is 1.76. The molecule has 3 nitrogen and oxygen atoms in total. The second kappa shape index (κ2) is 6.90. The zero-order valence-corrected chi connectivity index (χ0v) is 10.7. The van der Waals surface area contributed by atoms with Gasteiger partial charge in [0, 0.05) is 24.3 Å². The standard InChI is InChI=1S/C11H21N3S/c1-10(2)14-9-11(8-13-14)7-12-5-4-6-15-3/h8-10,12H,4-7H2,1-3H3. The van der Waals surface area contributed by atoms with Crippen LogP contribution in [0, 0.1) is 0 Å². The summed E-state index contributed by atoms with van der Waals surface area (Å²) in [5.74, 6) is 1.23. The van der Waals surface area contributed by atoms with Crippen LogP contribution in [0.25, 0.3) is 0 Å². The van der Waals surface area contributed by atoms with Crippen molar-refractivity contribution in [3.63, 3.8) is 0 Å². The highest BCUT2D eigenvalue weighted by Gasteiger charge is 2.00. The Morgan fingerprint density at radius 2 is 2.33 bits per heavy atom. The minimum absolute atomic E-state index is 0.454. The number of nitrogens with zero attached hydrogens (tertiary/aromatic N) is 2. The molecule has 86 valence electrons. The van der Waals surface area contributed by atoms with Crippen molar-refractivity contribution in [3.05, 3.63) is 18.0 Å². The lowest BCUT2D eigenvalue weighted by Crippen LogP contribution is -2.14. The van der Waals surface area contributed by atoms with Crippen molar-refractivity contribution in [1.82, 2.24) is 15.1 Å². The predicted molar refractivity (Wildman–Crippen MR) is 67.3 cm³/mol. The molecule has 1 aromatic heterocycles. The zero-order valence-electron chi connectivity index (χ0n) is 9.86. The molecule has 1 N–H and O–H groups in total. The third-order valence-corrected chi connectivity index (χ3v) is 2.91. The maximum Gasteiger partial charge on any atom is 0.0534 e. The summed E-state index contributed by atoms with van der Waals surface area (Å²) in [4.78, 5) is 0. The highest BCUT2D eigenvalue weighted by atomic mass is 32.2. The fourth-order valence-electron chi connectivity index (χ4n) is 1.33. The normalized spacial score (nSPS) is 11.2. The molecule has 0 fully saturated rings. The van der Waals surface area contributed by atoms with E-state index in [4.69, 9.17) is 0 Å². The molecule has 0 unspecified atom stereocenters. The van der Waals surface area contributed by atoms with Crippen LogP contribution in [-0.4, -0.2) is 28.3 Å². The van der Waals surface area contributed by atoms with Gasteiger partial charge in [-0.1, -0.05) is 0 Å². The van der Waals surface area contributed by atoms with Gasteiger partial charge in [-0.05, 0) is 38.8 Å². The van der Waals surface area contributed by atoms with E-state index in [1.165, 1.54) is 17.7 Å². The first-order chi connectivity index (χ1) is 7.24. The Morgan fingerprint density at radius 3 is 2.93 bits per heavy atom. The molecule has 0 amide bonds. The van der Waals surface area contributed by atoms with E-state index < -0.39 is 0 Å². The van der Waals surface area contributed by atoms with Crippen molar-refractivity contribution in [2.24, 2.45) is 0 Å². The lowest BCUT2D eigenvalue weighted by molar-refractivity contribution is 0.531. The van der Waals surface area contributed by atoms with Gasteiger partial charge in [-0.2, -0.15) is 16.9 Å². The van der Waals surface area contributed by atoms with E-state index >= 15 is 0 Å². The highest BCUT2D eigenvalue weighted by molar-refractivity contribution is 7.98. The van der Waals surface area contributed by atoms with Gasteiger partial charge >= 0.3 is 0 Å². The molecule has 0 aliphatic heterocycles. The average molecular weight is 227 g/mol. The summed E-state index contributed by atoms with van der Waals surface area (Å²) in [7, 11) is 0. The summed E-state index contributed by atoms with van der Waals surface area (Å²) in [5.41, 5.74) is 1.27. The molecule has 0 radical (unpaired) electrons. The molecular formula is C11H21N3S. The van der Waals surface area contributed by atoms with E-state index in [9.17, 15) is 0 Å². The minimum Gasteiger partial charge on any atom is -0.313 e. The van der Waals surface area contributed by atoms with Gasteiger partial charge in [0.2, 0.25) is 0 Å². The van der Waals surface area contributed by atoms with Crippen LogP contribution in [0.2, 0.25) is 0 Å². The molecule has 0 bridgehead atoms. The summed E-state index contributed by atoms with van der Waals surface area (Å²) >= 11 is 1.90. The lowest BCUT2D eigenvalue weighted by Gasteiger charge is -2.03. The van der Waals surface area contributed by atoms with Gasteiger partial charge in [-0.25, -0.2) is 0 Å². The second-order valence-corrected chi connectivity index (χ2v) is 4.93. The quantitative estimate of drug-likeness (QED) is 0.725. The largest absolute Gasteiger partial charge is 0.313 e. The van der Waals surface area contributed by atoms with Crippen LogP contribution < -0.4 is 5.32 Å². The molecule has 0 aliphatic carbocycles. The molecule has 0 saturated carbocycles. The number of nitrogens with one attached hydrogen (secondary N) is 1. The van der Waals surface area contributed by atoms with Crippen LogP contribution in [0.3, 0.4) is 0 Å². The molecule has 0 saturated heterocycles. The van der Waals surface area contributed by atoms with Crippen molar-refractivity contribution in [3.8, 4) is 0 Å². The van der Waals surface area contributed by atoms with Gasteiger partial charge in [0.05, 0.1) is 6.20 Å². The molecule has 1 rings (SSSR count). The molecule has 0 atom stereocenters. The smallest absolute Gasteiger partial charge is 0.0534 e. The summed E-state index contributed by atoms with van der Waals surface area (Å²) in [6.07, 6.45) is 7.44. The highest BCUT2D eigenvalue weighted by Crippen LogP contribution is 2.04. The maximum absolute atomic E-state index is 4.30.